The second kappa shape index (κ2) is 7.27. The lowest BCUT2D eigenvalue weighted by molar-refractivity contribution is -0.0760. The first kappa shape index (κ1) is 21.9. The van der Waals surface area contributed by atoms with Gasteiger partial charge in [0, 0.05) is 24.1 Å². The Labute approximate surface area is 195 Å². The van der Waals surface area contributed by atoms with Crippen LogP contribution in [0.1, 0.15) is 60.6 Å². The van der Waals surface area contributed by atoms with E-state index in [4.69, 9.17) is 5.10 Å². The fourth-order valence-corrected chi connectivity index (χ4v) is 5.14. The number of aromatic nitrogens is 2. The molecule has 1 aromatic heterocycles. The van der Waals surface area contributed by atoms with Crippen molar-refractivity contribution in [2.75, 3.05) is 4.90 Å². The molecule has 0 spiro atoms. The molecule has 6 heteroatoms. The third-order valence-corrected chi connectivity index (χ3v) is 7.30. The molecule has 0 fully saturated rings. The quantitative estimate of drug-likeness (QED) is 0.601. The standard InChI is InChI=1S/C27H32N4O2/c1-18-10-9-13-21-20(18)15-27(33,28-16-19-11-7-6-8-12-19)26(5)17-30-22(24(32)31(21)26)14-23(29-30)25(2,3)4/h6-14,28,33H,15-17H2,1-5H3. The molecule has 2 atom stereocenters. The lowest BCUT2D eigenvalue weighted by Crippen LogP contribution is -2.76. The van der Waals surface area contributed by atoms with Gasteiger partial charge in [-0.25, -0.2) is 0 Å². The van der Waals surface area contributed by atoms with Gasteiger partial charge in [-0.05, 0) is 42.7 Å². The summed E-state index contributed by atoms with van der Waals surface area (Å²) in [5.41, 5.74) is 3.01. The Hall–Kier alpha value is -2.96. The average Bonchev–Trinajstić information content (AvgIpc) is 3.19. The highest BCUT2D eigenvalue weighted by molar-refractivity contribution is 6.08. The summed E-state index contributed by atoms with van der Waals surface area (Å²) in [6.07, 6.45) is 0.408. The van der Waals surface area contributed by atoms with Crippen LogP contribution in [-0.4, -0.2) is 32.1 Å². The number of fused-ring (bicyclic) bond motifs is 4. The number of nitrogens with one attached hydrogen (secondary N) is 1. The van der Waals surface area contributed by atoms with Gasteiger partial charge in [-0.3, -0.25) is 19.7 Å². The van der Waals surface area contributed by atoms with E-state index >= 15 is 0 Å². The molecule has 0 saturated heterocycles. The number of nitrogens with zero attached hydrogens (tertiary/aromatic N) is 3. The summed E-state index contributed by atoms with van der Waals surface area (Å²) in [6, 6.07) is 17.9. The van der Waals surface area contributed by atoms with Crippen LogP contribution in [0.15, 0.2) is 54.6 Å². The normalized spacial score (nSPS) is 24.3. The zero-order valence-electron chi connectivity index (χ0n) is 20.0. The first-order valence-electron chi connectivity index (χ1n) is 11.6. The van der Waals surface area contributed by atoms with Gasteiger partial charge in [0.1, 0.15) is 17.0 Å². The van der Waals surface area contributed by atoms with E-state index in [1.54, 1.807) is 9.58 Å². The molecule has 1 amide bonds. The third kappa shape index (κ3) is 3.31. The van der Waals surface area contributed by atoms with E-state index in [9.17, 15) is 9.90 Å². The molecule has 0 saturated carbocycles. The number of rotatable bonds is 3. The minimum atomic E-state index is -1.34. The number of anilines is 1. The number of hydrogen-bond acceptors (Lipinski definition) is 4. The highest BCUT2D eigenvalue weighted by Gasteiger charge is 2.59. The zero-order chi connectivity index (χ0) is 23.6. The fourth-order valence-electron chi connectivity index (χ4n) is 5.14. The number of aliphatic hydroxyl groups is 1. The number of hydrogen-bond donors (Lipinski definition) is 2. The van der Waals surface area contributed by atoms with Crippen LogP contribution in [0, 0.1) is 6.92 Å². The maximum Gasteiger partial charge on any atom is 0.277 e. The van der Waals surface area contributed by atoms with E-state index in [1.165, 1.54) is 0 Å². The predicted molar refractivity (Wildman–Crippen MR) is 129 cm³/mol. The number of amides is 1. The Bertz CT molecular complexity index is 1230. The van der Waals surface area contributed by atoms with Crippen LogP contribution >= 0.6 is 0 Å². The number of aryl methyl sites for hydroxylation is 1. The van der Waals surface area contributed by atoms with Crippen LogP contribution in [-0.2, 0) is 24.9 Å². The highest BCUT2D eigenvalue weighted by atomic mass is 16.3. The Morgan fingerprint density at radius 2 is 1.85 bits per heavy atom. The van der Waals surface area contributed by atoms with E-state index in [2.05, 4.69) is 26.1 Å². The number of carbonyl (C=O) groups excluding carboxylic acids is 1. The van der Waals surface area contributed by atoms with Gasteiger partial charge < -0.3 is 5.11 Å². The Kier molecular flexibility index (Phi) is 4.82. The summed E-state index contributed by atoms with van der Waals surface area (Å²) < 4.78 is 1.79. The lowest BCUT2D eigenvalue weighted by Gasteiger charge is -2.57. The van der Waals surface area contributed by atoms with Gasteiger partial charge >= 0.3 is 0 Å². The largest absolute Gasteiger partial charge is 0.373 e. The maximum absolute atomic E-state index is 14.0. The van der Waals surface area contributed by atoms with Gasteiger partial charge in [-0.2, -0.15) is 5.10 Å². The lowest BCUT2D eigenvalue weighted by atomic mass is 9.74. The monoisotopic (exact) mass is 444 g/mol. The van der Waals surface area contributed by atoms with Crippen molar-refractivity contribution in [1.29, 1.82) is 0 Å². The Balaban J connectivity index is 1.65. The molecule has 0 aliphatic carbocycles. The van der Waals surface area contributed by atoms with Crippen molar-refractivity contribution in [3.8, 4) is 0 Å². The molecule has 5 rings (SSSR count). The van der Waals surface area contributed by atoms with Crippen LogP contribution in [0.2, 0.25) is 0 Å². The summed E-state index contributed by atoms with van der Waals surface area (Å²) in [4.78, 5) is 15.8. The summed E-state index contributed by atoms with van der Waals surface area (Å²) in [6.45, 7) is 11.2. The molecule has 33 heavy (non-hydrogen) atoms. The van der Waals surface area contributed by atoms with Gasteiger partial charge in [-0.15, -0.1) is 0 Å². The molecule has 2 aliphatic rings. The summed E-state index contributed by atoms with van der Waals surface area (Å²) in [5.74, 6) is -0.127. The molecule has 6 nitrogen and oxygen atoms in total. The van der Waals surface area contributed by atoms with E-state index in [0.717, 1.165) is 28.1 Å². The molecule has 172 valence electrons. The molecular formula is C27H32N4O2. The molecule has 0 radical (unpaired) electrons. The average molecular weight is 445 g/mol. The molecular weight excluding hydrogens is 412 g/mol. The van der Waals surface area contributed by atoms with Crippen LogP contribution < -0.4 is 10.2 Å². The van der Waals surface area contributed by atoms with Crippen LogP contribution in [0.25, 0.3) is 0 Å². The zero-order valence-corrected chi connectivity index (χ0v) is 20.0. The van der Waals surface area contributed by atoms with Crippen molar-refractivity contribution in [3.05, 3.63) is 82.7 Å². The van der Waals surface area contributed by atoms with Crippen LogP contribution in [0.3, 0.4) is 0 Å². The van der Waals surface area contributed by atoms with Gasteiger partial charge in [0.05, 0.1) is 12.2 Å². The van der Waals surface area contributed by atoms with Gasteiger partial charge in [0.2, 0.25) is 0 Å². The summed E-state index contributed by atoms with van der Waals surface area (Å²) >= 11 is 0. The molecule has 3 heterocycles. The summed E-state index contributed by atoms with van der Waals surface area (Å²) in [7, 11) is 0. The number of benzene rings is 2. The molecule has 2 unspecified atom stereocenters. The van der Waals surface area contributed by atoms with E-state index in [1.807, 2.05) is 68.4 Å². The Morgan fingerprint density at radius 1 is 1.12 bits per heavy atom. The van der Waals surface area contributed by atoms with Gasteiger partial charge in [-0.1, -0.05) is 63.2 Å². The molecule has 2 aromatic carbocycles. The number of carbonyl (C=O) groups is 1. The SMILES string of the molecule is Cc1cccc2c1CC(O)(NCc1ccccc1)C1(C)Cn3nc(C(C)(C)C)cc3C(=O)N21. The Morgan fingerprint density at radius 3 is 2.55 bits per heavy atom. The first-order valence-corrected chi connectivity index (χ1v) is 11.6. The minimum Gasteiger partial charge on any atom is -0.373 e. The highest BCUT2D eigenvalue weighted by Crippen LogP contribution is 2.47. The molecule has 2 aliphatic heterocycles. The van der Waals surface area contributed by atoms with E-state index in [-0.39, 0.29) is 11.3 Å². The molecule has 3 aromatic rings. The van der Waals surface area contributed by atoms with E-state index < -0.39 is 11.3 Å². The van der Waals surface area contributed by atoms with Crippen LogP contribution in [0.5, 0.6) is 0 Å². The topological polar surface area (TPSA) is 70.4 Å². The third-order valence-electron chi connectivity index (χ3n) is 7.30. The van der Waals surface area contributed by atoms with Crippen molar-refractivity contribution < 1.29 is 9.90 Å². The second-order valence-electron chi connectivity index (χ2n) is 10.7. The van der Waals surface area contributed by atoms with Crippen molar-refractivity contribution in [2.24, 2.45) is 0 Å². The van der Waals surface area contributed by atoms with Crippen molar-refractivity contribution in [3.63, 3.8) is 0 Å². The minimum absolute atomic E-state index is 0.127. The predicted octanol–water partition coefficient (Wildman–Crippen LogP) is 3.94. The second-order valence-corrected chi connectivity index (χ2v) is 10.7. The van der Waals surface area contributed by atoms with Crippen molar-refractivity contribution in [1.82, 2.24) is 15.1 Å². The molecule has 0 bridgehead atoms. The maximum atomic E-state index is 14.0. The van der Waals surface area contributed by atoms with Gasteiger partial charge in [0.15, 0.2) is 0 Å². The van der Waals surface area contributed by atoms with Gasteiger partial charge in [0.25, 0.3) is 5.91 Å². The summed E-state index contributed by atoms with van der Waals surface area (Å²) in [5, 5.41) is 20.4. The van der Waals surface area contributed by atoms with Crippen molar-refractivity contribution >= 4 is 11.6 Å². The van der Waals surface area contributed by atoms with Crippen molar-refractivity contribution in [2.45, 2.75) is 70.8 Å². The molecule has 2 N–H and O–H groups in total. The van der Waals surface area contributed by atoms with E-state index in [0.29, 0.717) is 25.2 Å². The first-order chi connectivity index (χ1) is 15.5. The van der Waals surface area contributed by atoms with Crippen LogP contribution in [0.4, 0.5) is 5.69 Å². The smallest absolute Gasteiger partial charge is 0.277 e. The fraction of sp³-hybridized carbons (Fsp3) is 0.407.